The van der Waals surface area contributed by atoms with Crippen LogP contribution in [0.15, 0.2) is 23.2 Å². The van der Waals surface area contributed by atoms with Gasteiger partial charge in [-0.3, -0.25) is 9.79 Å². The van der Waals surface area contributed by atoms with E-state index in [0.29, 0.717) is 0 Å². The van der Waals surface area contributed by atoms with Gasteiger partial charge in [0.2, 0.25) is 0 Å². The number of para-hydroxylation sites is 1. The second-order valence-electron chi connectivity index (χ2n) is 3.07. The Labute approximate surface area is 90.2 Å². The van der Waals surface area contributed by atoms with Gasteiger partial charge in [-0.1, -0.05) is 13.0 Å². The molecule has 1 aliphatic rings. The summed E-state index contributed by atoms with van der Waals surface area (Å²) in [4.78, 5) is 15.9. The first kappa shape index (κ1) is 8.87. The Morgan fingerprint density at radius 3 is 3.00 bits per heavy atom. The molecule has 0 amide bonds. The lowest BCUT2D eigenvalue weighted by Gasteiger charge is -2.14. The Morgan fingerprint density at radius 1 is 1.46 bits per heavy atom. The molecule has 2 rings (SSSR count). The standard InChI is InChI=1S/C10H8INO/c1-6-5-12-9-7(10(6)13)3-2-4-8(9)11/h2-6H,1H3. The molecule has 0 fully saturated rings. The molecular weight excluding hydrogens is 277 g/mol. The molecule has 0 saturated heterocycles. The molecular formula is C10H8INO. The van der Waals surface area contributed by atoms with Crippen LogP contribution >= 0.6 is 22.6 Å². The molecule has 0 saturated carbocycles. The molecule has 0 spiro atoms. The quantitative estimate of drug-likeness (QED) is 0.674. The maximum atomic E-state index is 11.7. The SMILES string of the molecule is CC1C=Nc2c(I)cccc2C1=O. The Hall–Kier alpha value is -0.710. The summed E-state index contributed by atoms with van der Waals surface area (Å²) in [5, 5.41) is 0. The van der Waals surface area contributed by atoms with Crippen LogP contribution in [0.25, 0.3) is 0 Å². The summed E-state index contributed by atoms with van der Waals surface area (Å²) >= 11 is 2.19. The van der Waals surface area contributed by atoms with Crippen LogP contribution in [0, 0.1) is 9.49 Å². The van der Waals surface area contributed by atoms with E-state index in [1.165, 1.54) is 0 Å². The van der Waals surface area contributed by atoms with Gasteiger partial charge in [-0.25, -0.2) is 0 Å². The first-order chi connectivity index (χ1) is 6.20. The van der Waals surface area contributed by atoms with Gasteiger partial charge in [-0.05, 0) is 34.7 Å². The fraction of sp³-hybridized carbons (Fsp3) is 0.200. The van der Waals surface area contributed by atoms with Crippen LogP contribution in [0.3, 0.4) is 0 Å². The lowest BCUT2D eigenvalue weighted by atomic mass is 9.96. The van der Waals surface area contributed by atoms with E-state index in [1.807, 2.05) is 25.1 Å². The van der Waals surface area contributed by atoms with Gasteiger partial charge < -0.3 is 0 Å². The number of hydrogen-bond donors (Lipinski definition) is 0. The maximum Gasteiger partial charge on any atom is 0.173 e. The number of carbonyl (C=O) groups is 1. The predicted molar refractivity (Wildman–Crippen MR) is 60.8 cm³/mol. The number of fused-ring (bicyclic) bond motifs is 1. The highest BCUT2D eigenvalue weighted by Gasteiger charge is 2.21. The van der Waals surface area contributed by atoms with Gasteiger partial charge in [0.25, 0.3) is 0 Å². The zero-order valence-electron chi connectivity index (χ0n) is 7.12. The molecule has 1 atom stereocenters. The van der Waals surface area contributed by atoms with Crippen LogP contribution in [0.4, 0.5) is 5.69 Å². The number of Topliss-reactive ketones (excluding diaryl/α,β-unsaturated/α-hetero) is 1. The van der Waals surface area contributed by atoms with E-state index < -0.39 is 0 Å². The largest absolute Gasteiger partial charge is 0.293 e. The third-order valence-corrected chi connectivity index (χ3v) is 2.96. The van der Waals surface area contributed by atoms with Crippen LogP contribution in [-0.2, 0) is 0 Å². The van der Waals surface area contributed by atoms with E-state index >= 15 is 0 Å². The van der Waals surface area contributed by atoms with Crippen molar-refractivity contribution < 1.29 is 4.79 Å². The molecule has 1 heterocycles. The van der Waals surface area contributed by atoms with Crippen LogP contribution in [-0.4, -0.2) is 12.0 Å². The van der Waals surface area contributed by atoms with Gasteiger partial charge >= 0.3 is 0 Å². The summed E-state index contributed by atoms with van der Waals surface area (Å²) in [5.74, 6) is 0.0919. The monoisotopic (exact) mass is 285 g/mol. The van der Waals surface area contributed by atoms with Crippen molar-refractivity contribution in [1.82, 2.24) is 0 Å². The number of nitrogens with zero attached hydrogens (tertiary/aromatic N) is 1. The maximum absolute atomic E-state index is 11.7. The van der Waals surface area contributed by atoms with E-state index in [2.05, 4.69) is 27.6 Å². The van der Waals surface area contributed by atoms with Crippen molar-refractivity contribution in [3.05, 3.63) is 27.3 Å². The average molecular weight is 285 g/mol. The van der Waals surface area contributed by atoms with Crippen molar-refractivity contribution in [3.8, 4) is 0 Å². The van der Waals surface area contributed by atoms with E-state index in [-0.39, 0.29) is 11.7 Å². The number of benzene rings is 1. The van der Waals surface area contributed by atoms with Crippen LogP contribution in [0.1, 0.15) is 17.3 Å². The van der Waals surface area contributed by atoms with Crippen LogP contribution < -0.4 is 0 Å². The molecule has 13 heavy (non-hydrogen) atoms. The van der Waals surface area contributed by atoms with Crippen LogP contribution in [0.2, 0.25) is 0 Å². The molecule has 2 nitrogen and oxygen atoms in total. The van der Waals surface area contributed by atoms with Crippen molar-refractivity contribution >= 4 is 40.3 Å². The normalized spacial score (nSPS) is 20.2. The molecule has 1 unspecified atom stereocenters. The summed E-state index contributed by atoms with van der Waals surface area (Å²) in [6, 6.07) is 5.69. The molecule has 0 radical (unpaired) electrons. The van der Waals surface area contributed by atoms with E-state index in [0.717, 1.165) is 14.8 Å². The molecule has 66 valence electrons. The number of ketones is 1. The molecule has 0 bridgehead atoms. The molecule has 1 aliphatic heterocycles. The Bertz CT molecular complexity index is 398. The molecule has 0 N–H and O–H groups in total. The van der Waals surface area contributed by atoms with Gasteiger partial charge in [0.1, 0.15) is 0 Å². The molecule has 1 aromatic carbocycles. The summed E-state index contributed by atoms with van der Waals surface area (Å²) in [7, 11) is 0. The minimum Gasteiger partial charge on any atom is -0.293 e. The van der Waals surface area contributed by atoms with E-state index in [9.17, 15) is 4.79 Å². The van der Waals surface area contributed by atoms with Gasteiger partial charge in [0, 0.05) is 15.3 Å². The second kappa shape index (κ2) is 3.21. The minimum absolute atomic E-state index is 0.0781. The Morgan fingerprint density at radius 2 is 2.23 bits per heavy atom. The van der Waals surface area contributed by atoms with Crippen molar-refractivity contribution in [2.75, 3.05) is 0 Å². The average Bonchev–Trinajstić information content (AvgIpc) is 2.12. The van der Waals surface area contributed by atoms with Crippen LogP contribution in [0.5, 0.6) is 0 Å². The van der Waals surface area contributed by atoms with Crippen molar-refractivity contribution in [3.63, 3.8) is 0 Å². The fourth-order valence-electron chi connectivity index (χ4n) is 1.34. The summed E-state index contributed by atoms with van der Waals surface area (Å²) in [5.41, 5.74) is 1.58. The Balaban J connectivity index is 2.65. The van der Waals surface area contributed by atoms with Gasteiger partial charge in [-0.2, -0.15) is 0 Å². The van der Waals surface area contributed by atoms with Crippen molar-refractivity contribution in [2.24, 2.45) is 10.9 Å². The van der Waals surface area contributed by atoms with E-state index in [1.54, 1.807) is 6.21 Å². The topological polar surface area (TPSA) is 29.4 Å². The molecule has 1 aromatic rings. The number of hydrogen-bond acceptors (Lipinski definition) is 2. The molecule has 3 heteroatoms. The minimum atomic E-state index is -0.0781. The van der Waals surface area contributed by atoms with Gasteiger partial charge in [0.15, 0.2) is 5.78 Å². The van der Waals surface area contributed by atoms with Gasteiger partial charge in [-0.15, -0.1) is 0 Å². The molecule has 0 aromatic heterocycles. The van der Waals surface area contributed by atoms with Gasteiger partial charge in [0.05, 0.1) is 11.6 Å². The smallest absolute Gasteiger partial charge is 0.173 e. The third kappa shape index (κ3) is 1.41. The second-order valence-corrected chi connectivity index (χ2v) is 4.23. The lowest BCUT2D eigenvalue weighted by molar-refractivity contribution is 0.0962. The highest BCUT2D eigenvalue weighted by Crippen LogP contribution is 2.30. The number of aliphatic imine (C=N–C) groups is 1. The zero-order chi connectivity index (χ0) is 9.42. The van der Waals surface area contributed by atoms with E-state index in [4.69, 9.17) is 0 Å². The zero-order valence-corrected chi connectivity index (χ0v) is 9.28. The Kier molecular flexibility index (Phi) is 2.19. The number of halogens is 1. The highest BCUT2D eigenvalue weighted by molar-refractivity contribution is 14.1. The highest BCUT2D eigenvalue weighted by atomic mass is 127. The predicted octanol–water partition coefficient (Wildman–Crippen LogP) is 2.83. The van der Waals surface area contributed by atoms with Crippen molar-refractivity contribution in [2.45, 2.75) is 6.92 Å². The summed E-state index contributed by atoms with van der Waals surface area (Å²) in [6.07, 6.45) is 1.72. The number of carbonyl (C=O) groups excluding carboxylic acids is 1. The summed E-state index contributed by atoms with van der Waals surface area (Å²) in [6.45, 7) is 1.87. The van der Waals surface area contributed by atoms with Crippen molar-refractivity contribution in [1.29, 1.82) is 0 Å². The molecule has 0 aliphatic carbocycles. The summed E-state index contributed by atoms with van der Waals surface area (Å²) < 4.78 is 1.03. The first-order valence-corrected chi connectivity index (χ1v) is 5.15. The first-order valence-electron chi connectivity index (χ1n) is 4.07. The third-order valence-electron chi connectivity index (χ3n) is 2.09. The fourth-order valence-corrected chi connectivity index (χ4v) is 1.98. The number of rotatable bonds is 0. The lowest BCUT2D eigenvalue weighted by Crippen LogP contribution is -2.16.